The molecule has 0 aliphatic heterocycles. The lowest BCUT2D eigenvalue weighted by Gasteiger charge is -2.29. The Kier molecular flexibility index (Phi) is 8.95. The molecular weight excluding hydrogens is 490 g/mol. The fourth-order valence-electron chi connectivity index (χ4n) is 4.42. The number of hydrogen-bond acceptors (Lipinski definition) is 4. The molecule has 192 valence electrons. The van der Waals surface area contributed by atoms with Crippen molar-refractivity contribution in [1.29, 1.82) is 5.26 Å². The van der Waals surface area contributed by atoms with Crippen molar-refractivity contribution >= 4 is 18.1 Å². The van der Waals surface area contributed by atoms with Crippen LogP contribution in [0.25, 0.3) is 11.1 Å². The van der Waals surface area contributed by atoms with Crippen LogP contribution in [-0.2, 0) is 15.8 Å². The van der Waals surface area contributed by atoms with Crippen molar-refractivity contribution in [3.8, 4) is 17.2 Å². The van der Waals surface area contributed by atoms with Gasteiger partial charge < -0.3 is 10.4 Å². The molecule has 0 bridgehead atoms. The summed E-state index contributed by atoms with van der Waals surface area (Å²) >= 11 is 0. The fraction of sp³-hybridized carbons (Fsp3) is 0.259. The summed E-state index contributed by atoms with van der Waals surface area (Å²) in [6.45, 7) is -0.250. The second-order valence-electron chi connectivity index (χ2n) is 8.50. The second kappa shape index (κ2) is 12.1. The van der Waals surface area contributed by atoms with Crippen molar-refractivity contribution in [2.75, 3.05) is 5.32 Å². The van der Waals surface area contributed by atoms with Gasteiger partial charge in [-0.2, -0.15) is 18.4 Å². The zero-order chi connectivity index (χ0) is 27.0. The first-order valence-corrected chi connectivity index (χ1v) is 11.4. The first-order valence-electron chi connectivity index (χ1n) is 11.4. The maximum Gasteiger partial charge on any atom is 0.416 e. The summed E-state index contributed by atoms with van der Waals surface area (Å²) in [4.78, 5) is 25.2. The number of nitrogens with zero attached hydrogens (tertiary/aromatic N) is 2. The van der Waals surface area contributed by atoms with Crippen molar-refractivity contribution in [2.45, 2.75) is 37.8 Å². The molecule has 1 amide bonds. The molecular formula is C27H23F4N3O3. The van der Waals surface area contributed by atoms with Crippen LogP contribution in [-0.4, -0.2) is 22.5 Å². The third-order valence-corrected chi connectivity index (χ3v) is 6.23. The first kappa shape index (κ1) is 27.3. The van der Waals surface area contributed by atoms with Gasteiger partial charge in [-0.05, 0) is 60.6 Å². The van der Waals surface area contributed by atoms with E-state index in [9.17, 15) is 27.6 Å². The second-order valence-corrected chi connectivity index (χ2v) is 8.50. The van der Waals surface area contributed by atoms with Crippen LogP contribution < -0.4 is 5.32 Å². The van der Waals surface area contributed by atoms with Crippen LogP contribution >= 0.6 is 0 Å². The van der Waals surface area contributed by atoms with E-state index in [1.54, 1.807) is 18.5 Å². The molecule has 2 aromatic carbocycles. The molecule has 1 aliphatic carbocycles. The van der Waals surface area contributed by atoms with Crippen molar-refractivity contribution in [3.05, 3.63) is 83.4 Å². The highest BCUT2D eigenvalue weighted by molar-refractivity contribution is 5.92. The molecule has 1 aromatic heterocycles. The maximum atomic E-state index is 14.1. The van der Waals surface area contributed by atoms with Crippen molar-refractivity contribution in [3.63, 3.8) is 0 Å². The highest BCUT2D eigenvalue weighted by Crippen LogP contribution is 2.38. The lowest BCUT2D eigenvalue weighted by atomic mass is 9.77. The maximum absolute atomic E-state index is 14.1. The highest BCUT2D eigenvalue weighted by atomic mass is 19.4. The number of hydrogen-bond donors (Lipinski definition) is 2. The zero-order valence-corrected chi connectivity index (χ0v) is 19.5. The summed E-state index contributed by atoms with van der Waals surface area (Å²) in [5, 5.41) is 18.6. The standard InChI is InChI=1S/C26H21F4N3O.CH2O2/c27-23-13-21(26(28,29)30)8-9-24(23)33-25(34)19-3-1-2-18(12-19)16-4-6-17(7-5-16)22-15-32-11-10-20(22)14-31;2-1-3/h4-11,13,15,18-19H,1-3,12H2,(H,33,34);1H,(H,2,3). The Hall–Kier alpha value is -4.26. The molecule has 1 heterocycles. The summed E-state index contributed by atoms with van der Waals surface area (Å²) in [5.74, 6) is -1.75. The van der Waals surface area contributed by atoms with Crippen molar-refractivity contribution in [1.82, 2.24) is 4.98 Å². The summed E-state index contributed by atoms with van der Waals surface area (Å²) in [5.41, 5.74) is 1.86. The Balaban J connectivity index is 0.00000121. The Morgan fingerprint density at radius 1 is 1.14 bits per heavy atom. The SMILES string of the molecule is N#Cc1ccncc1-c1ccc(C2CCCC(C(=O)Nc3ccc(C(F)(F)F)cc3F)C2)cc1.O=CO. The van der Waals surface area contributed by atoms with Gasteiger partial charge >= 0.3 is 6.18 Å². The van der Waals surface area contributed by atoms with Crippen LogP contribution in [0.15, 0.2) is 60.9 Å². The number of alkyl halides is 3. The van der Waals surface area contributed by atoms with E-state index in [1.165, 1.54) is 0 Å². The molecule has 2 N–H and O–H groups in total. The molecule has 1 aliphatic rings. The minimum Gasteiger partial charge on any atom is -0.483 e. The van der Waals surface area contributed by atoms with Crippen LogP contribution in [0.5, 0.6) is 0 Å². The van der Waals surface area contributed by atoms with Gasteiger partial charge in [-0.3, -0.25) is 14.6 Å². The minimum absolute atomic E-state index is 0.125. The van der Waals surface area contributed by atoms with Crippen molar-refractivity contribution < 1.29 is 32.3 Å². The molecule has 37 heavy (non-hydrogen) atoms. The molecule has 2 unspecified atom stereocenters. The van der Waals surface area contributed by atoms with E-state index >= 15 is 0 Å². The fourth-order valence-corrected chi connectivity index (χ4v) is 4.42. The molecule has 1 saturated carbocycles. The van der Waals surface area contributed by atoms with E-state index in [4.69, 9.17) is 9.90 Å². The minimum atomic E-state index is -4.65. The quantitative estimate of drug-likeness (QED) is 0.311. The number of pyridine rings is 1. The largest absolute Gasteiger partial charge is 0.483 e. The van der Waals surface area contributed by atoms with Gasteiger partial charge in [0, 0.05) is 23.9 Å². The molecule has 0 spiro atoms. The van der Waals surface area contributed by atoms with Gasteiger partial charge in [-0.15, -0.1) is 0 Å². The van der Waals surface area contributed by atoms with Gasteiger partial charge in [0.05, 0.1) is 22.9 Å². The number of carbonyl (C=O) groups is 2. The third-order valence-electron chi connectivity index (χ3n) is 6.23. The van der Waals surface area contributed by atoms with Gasteiger partial charge in [0.1, 0.15) is 5.82 Å². The van der Waals surface area contributed by atoms with E-state index < -0.39 is 23.5 Å². The lowest BCUT2D eigenvalue weighted by molar-refractivity contribution is -0.137. The van der Waals surface area contributed by atoms with E-state index in [-0.39, 0.29) is 24.0 Å². The average molecular weight is 513 g/mol. The van der Waals surface area contributed by atoms with Crippen molar-refractivity contribution in [2.24, 2.45) is 5.92 Å². The molecule has 0 radical (unpaired) electrons. The van der Waals surface area contributed by atoms with Gasteiger partial charge in [0.2, 0.25) is 5.91 Å². The predicted molar refractivity (Wildman–Crippen MR) is 128 cm³/mol. The molecule has 4 rings (SSSR count). The van der Waals surface area contributed by atoms with E-state index in [2.05, 4.69) is 16.4 Å². The number of halogens is 4. The number of carboxylic acid groups (broad SMARTS) is 1. The van der Waals surface area contributed by atoms with Crippen LogP contribution in [0.2, 0.25) is 0 Å². The van der Waals surface area contributed by atoms with Gasteiger partial charge in [0.15, 0.2) is 0 Å². The van der Waals surface area contributed by atoms with Crippen LogP contribution in [0, 0.1) is 23.1 Å². The van der Waals surface area contributed by atoms with E-state index in [0.717, 1.165) is 41.7 Å². The Bertz CT molecular complexity index is 1290. The van der Waals surface area contributed by atoms with Gasteiger partial charge in [-0.25, -0.2) is 4.39 Å². The Labute approximate surface area is 210 Å². The Morgan fingerprint density at radius 2 is 1.84 bits per heavy atom. The molecule has 1 fully saturated rings. The molecule has 3 aromatic rings. The van der Waals surface area contributed by atoms with Gasteiger partial charge in [0.25, 0.3) is 6.47 Å². The number of nitriles is 1. The molecule has 2 atom stereocenters. The smallest absolute Gasteiger partial charge is 0.416 e. The average Bonchev–Trinajstić information content (AvgIpc) is 2.90. The number of aromatic nitrogens is 1. The number of benzene rings is 2. The highest BCUT2D eigenvalue weighted by Gasteiger charge is 2.32. The van der Waals surface area contributed by atoms with Crippen LogP contribution in [0.4, 0.5) is 23.2 Å². The van der Waals surface area contributed by atoms with Crippen LogP contribution in [0.1, 0.15) is 48.3 Å². The number of nitrogens with one attached hydrogen (secondary N) is 1. The number of anilines is 1. The monoisotopic (exact) mass is 513 g/mol. The summed E-state index contributed by atoms with van der Waals surface area (Å²) in [7, 11) is 0. The molecule has 10 heteroatoms. The van der Waals surface area contributed by atoms with Crippen LogP contribution in [0.3, 0.4) is 0 Å². The number of rotatable bonds is 4. The summed E-state index contributed by atoms with van der Waals surface area (Å²) in [6.07, 6.45) is 1.46. The van der Waals surface area contributed by atoms with E-state index in [1.807, 2.05) is 24.3 Å². The summed E-state index contributed by atoms with van der Waals surface area (Å²) in [6, 6.07) is 13.7. The predicted octanol–water partition coefficient (Wildman–Crippen LogP) is 6.39. The number of carbonyl (C=O) groups excluding carboxylic acids is 1. The Morgan fingerprint density at radius 3 is 2.46 bits per heavy atom. The topological polar surface area (TPSA) is 103 Å². The normalized spacial score (nSPS) is 17.1. The number of amides is 1. The third kappa shape index (κ3) is 6.91. The molecule has 0 saturated heterocycles. The zero-order valence-electron chi connectivity index (χ0n) is 19.5. The summed E-state index contributed by atoms with van der Waals surface area (Å²) < 4.78 is 52.4. The van der Waals surface area contributed by atoms with E-state index in [0.29, 0.717) is 24.5 Å². The lowest BCUT2D eigenvalue weighted by Crippen LogP contribution is -2.28. The molecule has 6 nitrogen and oxygen atoms in total. The van der Waals surface area contributed by atoms with Gasteiger partial charge in [-0.1, -0.05) is 30.7 Å². The first-order chi connectivity index (χ1) is 17.7.